The lowest BCUT2D eigenvalue weighted by molar-refractivity contribution is -0.120. The molecule has 0 heterocycles. The number of carbonyl (C=O) groups is 2. The molecule has 0 spiro atoms. The highest BCUT2D eigenvalue weighted by molar-refractivity contribution is 6.35. The van der Waals surface area contributed by atoms with E-state index in [1.807, 2.05) is 24.3 Å². The van der Waals surface area contributed by atoms with E-state index in [1.165, 1.54) is 11.8 Å². The van der Waals surface area contributed by atoms with Crippen LogP contribution in [0.15, 0.2) is 42.5 Å². The van der Waals surface area contributed by atoms with Gasteiger partial charge in [-0.15, -0.1) is 0 Å². The molecule has 25 heavy (non-hydrogen) atoms. The Morgan fingerprint density at radius 2 is 1.80 bits per heavy atom. The second-order valence-corrected chi connectivity index (χ2v) is 6.83. The van der Waals surface area contributed by atoms with Gasteiger partial charge in [0.15, 0.2) is 0 Å². The number of amides is 2. The van der Waals surface area contributed by atoms with Gasteiger partial charge in [0.1, 0.15) is 6.54 Å². The van der Waals surface area contributed by atoms with Gasteiger partial charge in [0.25, 0.3) is 0 Å². The van der Waals surface area contributed by atoms with Gasteiger partial charge in [-0.2, -0.15) is 0 Å². The van der Waals surface area contributed by atoms with E-state index < -0.39 is 0 Å². The molecule has 0 bridgehead atoms. The number of para-hydroxylation sites is 1. The summed E-state index contributed by atoms with van der Waals surface area (Å²) in [6, 6.07) is 12.4. The number of hydrogen-bond acceptors (Lipinski definition) is 2. The first-order valence-electron chi connectivity index (χ1n) is 7.91. The zero-order valence-electron chi connectivity index (χ0n) is 14.3. The zero-order chi connectivity index (χ0) is 18.6. The van der Waals surface area contributed by atoms with Gasteiger partial charge in [-0.1, -0.05) is 55.2 Å². The van der Waals surface area contributed by atoms with Crippen LogP contribution in [-0.2, 0) is 9.59 Å². The SMILES string of the molecule is CC(=O)N(CC(=O)Nc1ccccc1C(C)C)c1cc(Cl)ccc1Cl. The van der Waals surface area contributed by atoms with Gasteiger partial charge in [-0.3, -0.25) is 9.59 Å². The Balaban J connectivity index is 2.22. The first-order valence-corrected chi connectivity index (χ1v) is 8.67. The molecule has 0 saturated heterocycles. The smallest absolute Gasteiger partial charge is 0.244 e. The lowest BCUT2D eigenvalue weighted by Crippen LogP contribution is -2.37. The van der Waals surface area contributed by atoms with Crippen LogP contribution in [0.25, 0.3) is 0 Å². The summed E-state index contributed by atoms with van der Waals surface area (Å²) in [6.45, 7) is 5.34. The van der Waals surface area contributed by atoms with Crippen molar-refractivity contribution in [2.45, 2.75) is 26.7 Å². The van der Waals surface area contributed by atoms with Gasteiger partial charge in [-0.25, -0.2) is 0 Å². The van der Waals surface area contributed by atoms with Crippen LogP contribution < -0.4 is 10.2 Å². The fourth-order valence-corrected chi connectivity index (χ4v) is 2.89. The highest BCUT2D eigenvalue weighted by Crippen LogP contribution is 2.29. The van der Waals surface area contributed by atoms with E-state index in [4.69, 9.17) is 23.2 Å². The molecule has 4 nitrogen and oxygen atoms in total. The summed E-state index contributed by atoms with van der Waals surface area (Å²) in [4.78, 5) is 25.8. The Kier molecular flexibility index (Phi) is 6.45. The first kappa shape index (κ1) is 19.3. The molecule has 0 aliphatic carbocycles. The van der Waals surface area contributed by atoms with Crippen LogP contribution in [0.1, 0.15) is 32.3 Å². The number of anilines is 2. The third kappa shape index (κ3) is 4.97. The molecule has 0 radical (unpaired) electrons. The van der Waals surface area contributed by atoms with Gasteiger partial charge in [0.2, 0.25) is 11.8 Å². The predicted octanol–water partition coefficient (Wildman–Crippen LogP) is 5.11. The maximum Gasteiger partial charge on any atom is 0.244 e. The molecule has 0 atom stereocenters. The van der Waals surface area contributed by atoms with Crippen molar-refractivity contribution >= 4 is 46.4 Å². The van der Waals surface area contributed by atoms with Gasteiger partial charge >= 0.3 is 0 Å². The molecule has 2 amide bonds. The van der Waals surface area contributed by atoms with Crippen LogP contribution >= 0.6 is 23.2 Å². The van der Waals surface area contributed by atoms with Crippen LogP contribution in [0.3, 0.4) is 0 Å². The van der Waals surface area contributed by atoms with Crippen molar-refractivity contribution in [1.29, 1.82) is 0 Å². The van der Waals surface area contributed by atoms with Crippen molar-refractivity contribution in [3.8, 4) is 0 Å². The number of carbonyl (C=O) groups excluding carboxylic acids is 2. The standard InChI is InChI=1S/C19H20Cl2N2O2/c1-12(2)15-6-4-5-7-17(15)22-19(25)11-23(13(3)24)18-10-14(20)8-9-16(18)21/h4-10,12H,11H2,1-3H3,(H,22,25). The fraction of sp³-hybridized carbons (Fsp3) is 0.263. The minimum Gasteiger partial charge on any atom is -0.324 e. The largest absolute Gasteiger partial charge is 0.324 e. The summed E-state index contributed by atoms with van der Waals surface area (Å²) in [6.07, 6.45) is 0. The Labute approximate surface area is 157 Å². The van der Waals surface area contributed by atoms with Crippen molar-refractivity contribution in [2.24, 2.45) is 0 Å². The maximum absolute atomic E-state index is 12.5. The van der Waals surface area contributed by atoms with Crippen LogP contribution in [0.4, 0.5) is 11.4 Å². The number of hydrogen-bond donors (Lipinski definition) is 1. The van der Waals surface area contributed by atoms with Crippen molar-refractivity contribution < 1.29 is 9.59 Å². The molecule has 2 aromatic rings. The number of halogens is 2. The highest BCUT2D eigenvalue weighted by Gasteiger charge is 2.19. The summed E-state index contributed by atoms with van der Waals surface area (Å²) in [5.41, 5.74) is 2.18. The minimum absolute atomic E-state index is 0.151. The molecule has 2 aromatic carbocycles. The molecule has 0 aliphatic rings. The van der Waals surface area contributed by atoms with E-state index >= 15 is 0 Å². The van der Waals surface area contributed by atoms with Gasteiger partial charge in [0.05, 0.1) is 10.7 Å². The first-order chi connectivity index (χ1) is 11.8. The summed E-state index contributed by atoms with van der Waals surface area (Å²) >= 11 is 12.2. The Morgan fingerprint density at radius 3 is 2.44 bits per heavy atom. The molecule has 132 valence electrons. The van der Waals surface area contributed by atoms with Gasteiger partial charge in [-0.05, 0) is 35.7 Å². The third-order valence-corrected chi connectivity index (χ3v) is 4.29. The second kappa shape index (κ2) is 8.37. The van der Waals surface area contributed by atoms with Gasteiger partial charge in [0, 0.05) is 17.6 Å². The van der Waals surface area contributed by atoms with E-state index in [2.05, 4.69) is 19.2 Å². The van der Waals surface area contributed by atoms with Crippen molar-refractivity contribution in [3.05, 3.63) is 58.1 Å². The molecule has 0 aliphatic heterocycles. The Morgan fingerprint density at radius 1 is 1.12 bits per heavy atom. The monoisotopic (exact) mass is 378 g/mol. The van der Waals surface area contributed by atoms with Crippen LogP contribution in [0, 0.1) is 0 Å². The molecule has 6 heteroatoms. The van der Waals surface area contributed by atoms with E-state index in [0.29, 0.717) is 15.7 Å². The van der Waals surface area contributed by atoms with Crippen LogP contribution in [0.5, 0.6) is 0 Å². The highest BCUT2D eigenvalue weighted by atomic mass is 35.5. The Bertz CT molecular complexity index is 791. The third-order valence-electron chi connectivity index (χ3n) is 3.74. The van der Waals surface area contributed by atoms with Gasteiger partial charge < -0.3 is 10.2 Å². The topological polar surface area (TPSA) is 49.4 Å². The summed E-state index contributed by atoms with van der Waals surface area (Å²) in [5.74, 6) is -0.335. The molecular formula is C19H20Cl2N2O2. The number of nitrogens with zero attached hydrogens (tertiary/aromatic N) is 1. The van der Waals surface area contributed by atoms with E-state index in [-0.39, 0.29) is 24.3 Å². The lowest BCUT2D eigenvalue weighted by Gasteiger charge is -2.22. The van der Waals surface area contributed by atoms with Crippen LogP contribution in [0.2, 0.25) is 10.0 Å². The molecule has 2 rings (SSSR count). The lowest BCUT2D eigenvalue weighted by atomic mass is 10.0. The molecule has 0 saturated carbocycles. The number of rotatable bonds is 5. The normalized spacial score (nSPS) is 10.6. The summed E-state index contributed by atoms with van der Waals surface area (Å²) in [5, 5.41) is 3.67. The molecule has 0 unspecified atom stereocenters. The minimum atomic E-state index is -0.306. The quantitative estimate of drug-likeness (QED) is 0.785. The number of nitrogens with one attached hydrogen (secondary N) is 1. The fourth-order valence-electron chi connectivity index (χ4n) is 2.51. The molecular weight excluding hydrogens is 359 g/mol. The molecule has 0 fully saturated rings. The molecule has 1 N–H and O–H groups in total. The molecule has 0 aromatic heterocycles. The van der Waals surface area contributed by atoms with Crippen molar-refractivity contribution in [1.82, 2.24) is 0 Å². The zero-order valence-corrected chi connectivity index (χ0v) is 15.9. The van der Waals surface area contributed by atoms with Crippen molar-refractivity contribution in [3.63, 3.8) is 0 Å². The van der Waals surface area contributed by atoms with E-state index in [1.54, 1.807) is 18.2 Å². The second-order valence-electron chi connectivity index (χ2n) is 5.99. The average molecular weight is 379 g/mol. The predicted molar refractivity (Wildman–Crippen MR) is 104 cm³/mol. The van der Waals surface area contributed by atoms with Crippen LogP contribution in [-0.4, -0.2) is 18.4 Å². The van der Waals surface area contributed by atoms with Crippen molar-refractivity contribution in [2.75, 3.05) is 16.8 Å². The summed E-state index contributed by atoms with van der Waals surface area (Å²) in [7, 11) is 0. The maximum atomic E-state index is 12.5. The average Bonchev–Trinajstić information content (AvgIpc) is 2.55. The Hall–Kier alpha value is -2.04. The van der Waals surface area contributed by atoms with E-state index in [9.17, 15) is 9.59 Å². The summed E-state index contributed by atoms with van der Waals surface area (Å²) < 4.78 is 0. The number of benzene rings is 2. The van der Waals surface area contributed by atoms with E-state index in [0.717, 1.165) is 11.3 Å².